The summed E-state index contributed by atoms with van der Waals surface area (Å²) in [5.41, 5.74) is 2.50. The molecule has 0 saturated heterocycles. The van der Waals surface area contributed by atoms with Crippen molar-refractivity contribution in [3.8, 4) is 5.75 Å². The predicted molar refractivity (Wildman–Crippen MR) is 187 cm³/mol. The zero-order valence-corrected chi connectivity index (χ0v) is 28.2. The molecule has 1 heterocycles. The first-order valence-corrected chi connectivity index (χ1v) is 16.4. The molecule has 0 spiro atoms. The van der Waals surface area contributed by atoms with E-state index in [0.29, 0.717) is 93.9 Å². The number of ether oxygens (including phenoxy) is 4. The van der Waals surface area contributed by atoms with E-state index in [9.17, 15) is 28.8 Å². The van der Waals surface area contributed by atoms with Crippen LogP contribution in [0.2, 0.25) is 0 Å². The predicted octanol–water partition coefficient (Wildman–Crippen LogP) is 2.74. The lowest BCUT2D eigenvalue weighted by molar-refractivity contribution is -0.124. The average molecular weight is 704 g/mol. The van der Waals surface area contributed by atoms with Gasteiger partial charge in [0.25, 0.3) is 17.7 Å². The van der Waals surface area contributed by atoms with Crippen LogP contribution in [-0.4, -0.2) is 107 Å². The first-order valence-electron chi connectivity index (χ1n) is 16.4. The van der Waals surface area contributed by atoms with Gasteiger partial charge in [-0.2, -0.15) is 0 Å². The maximum Gasteiger partial charge on any atom is 0.264 e. The number of hydrogen-bond acceptors (Lipinski definition) is 11. The minimum atomic E-state index is -1.08. The molecule has 0 aromatic heterocycles. The van der Waals surface area contributed by atoms with Crippen molar-refractivity contribution in [1.82, 2.24) is 10.2 Å². The number of fused-ring (bicyclic) bond motifs is 1. The number of benzene rings is 3. The van der Waals surface area contributed by atoms with E-state index >= 15 is 0 Å². The van der Waals surface area contributed by atoms with Crippen LogP contribution >= 0.6 is 0 Å². The molecular weight excluding hydrogens is 662 g/mol. The molecule has 5 amide bonds. The van der Waals surface area contributed by atoms with Crippen LogP contribution in [0.15, 0.2) is 66.7 Å². The van der Waals surface area contributed by atoms with Gasteiger partial charge in [-0.15, -0.1) is 0 Å². The topological polar surface area (TPSA) is 191 Å². The molecule has 0 bridgehead atoms. The first-order chi connectivity index (χ1) is 24.9. The summed E-state index contributed by atoms with van der Waals surface area (Å²) in [5, 5.41) is 10.9. The van der Waals surface area contributed by atoms with Gasteiger partial charge >= 0.3 is 0 Å². The highest BCUT2D eigenvalue weighted by molar-refractivity contribution is 6.25. The van der Waals surface area contributed by atoms with Crippen molar-refractivity contribution >= 4 is 53.4 Å². The summed E-state index contributed by atoms with van der Waals surface area (Å²) < 4.78 is 22.3. The van der Waals surface area contributed by atoms with Crippen LogP contribution in [0, 0.1) is 0 Å². The Morgan fingerprint density at radius 2 is 1.43 bits per heavy atom. The van der Waals surface area contributed by atoms with E-state index in [-0.39, 0.29) is 29.9 Å². The Kier molecular flexibility index (Phi) is 15.1. The zero-order valence-electron chi connectivity index (χ0n) is 28.2. The number of carbonyl (C=O) groups excluding carboxylic acids is 6. The Bertz CT molecular complexity index is 1650. The summed E-state index contributed by atoms with van der Waals surface area (Å²) in [6.07, 6.45) is 1.29. The van der Waals surface area contributed by atoms with Gasteiger partial charge in [-0.05, 0) is 67.1 Å². The van der Waals surface area contributed by atoms with Crippen molar-refractivity contribution in [1.29, 1.82) is 0 Å². The van der Waals surface area contributed by atoms with Crippen molar-refractivity contribution in [3.05, 3.63) is 83.4 Å². The number of rotatable bonds is 23. The first kappa shape index (κ1) is 38.2. The van der Waals surface area contributed by atoms with Gasteiger partial charge in [0.15, 0.2) is 0 Å². The Morgan fingerprint density at radius 3 is 2.08 bits per heavy atom. The summed E-state index contributed by atoms with van der Waals surface area (Å²) in [4.78, 5) is 73.5. The van der Waals surface area contributed by atoms with E-state index < -0.39 is 23.8 Å². The van der Waals surface area contributed by atoms with Gasteiger partial charge in [-0.1, -0.05) is 6.07 Å². The molecule has 0 saturated carbocycles. The Balaban J connectivity index is 1.04. The van der Waals surface area contributed by atoms with Gasteiger partial charge in [-0.3, -0.25) is 28.9 Å². The molecule has 1 unspecified atom stereocenters. The van der Waals surface area contributed by atoms with Gasteiger partial charge in [0, 0.05) is 42.6 Å². The lowest BCUT2D eigenvalue weighted by Crippen LogP contribution is -2.48. The van der Waals surface area contributed by atoms with E-state index in [1.807, 2.05) is 0 Å². The van der Waals surface area contributed by atoms with Crippen LogP contribution in [0.3, 0.4) is 0 Å². The van der Waals surface area contributed by atoms with Crippen molar-refractivity contribution in [2.75, 3.05) is 75.8 Å². The molecule has 0 fully saturated rings. The summed E-state index contributed by atoms with van der Waals surface area (Å²) in [7, 11) is 1.41. The second-order valence-electron chi connectivity index (χ2n) is 11.0. The van der Waals surface area contributed by atoms with Crippen molar-refractivity contribution < 1.29 is 47.7 Å². The highest BCUT2D eigenvalue weighted by Crippen LogP contribution is 2.31. The number of anilines is 3. The third-order valence-electron chi connectivity index (χ3n) is 7.65. The van der Waals surface area contributed by atoms with E-state index in [1.165, 1.54) is 13.1 Å². The molecule has 1 atom stereocenters. The number of hydrogen-bond donors (Lipinski definition) is 4. The Morgan fingerprint density at radius 1 is 0.784 bits per heavy atom. The third kappa shape index (κ3) is 10.9. The van der Waals surface area contributed by atoms with Gasteiger partial charge in [0.1, 0.15) is 24.7 Å². The third-order valence-corrected chi connectivity index (χ3v) is 7.65. The molecule has 0 aliphatic carbocycles. The van der Waals surface area contributed by atoms with Crippen molar-refractivity contribution in [2.24, 2.45) is 0 Å². The normalized spacial score (nSPS) is 12.5. The maximum absolute atomic E-state index is 13.2. The minimum Gasteiger partial charge on any atom is -0.491 e. The molecule has 0 radical (unpaired) electrons. The van der Waals surface area contributed by atoms with Crippen LogP contribution in [0.5, 0.6) is 5.75 Å². The van der Waals surface area contributed by atoms with E-state index in [2.05, 4.69) is 21.3 Å². The number of amides is 5. The quantitative estimate of drug-likeness (QED) is 0.0646. The second kappa shape index (κ2) is 20.1. The van der Waals surface area contributed by atoms with Crippen LogP contribution in [0.1, 0.15) is 43.9 Å². The zero-order chi connectivity index (χ0) is 36.4. The van der Waals surface area contributed by atoms with Crippen LogP contribution in [0.4, 0.5) is 17.1 Å². The molecule has 3 aromatic carbocycles. The molecule has 1 aliphatic rings. The van der Waals surface area contributed by atoms with E-state index in [1.54, 1.807) is 60.7 Å². The van der Waals surface area contributed by atoms with E-state index in [0.717, 1.165) is 4.90 Å². The fraction of sp³-hybridized carbons (Fsp3) is 0.333. The lowest BCUT2D eigenvalue weighted by atomic mass is 10.1. The molecule has 4 rings (SSSR count). The number of carbonyl (C=O) groups is 6. The van der Waals surface area contributed by atoms with Crippen LogP contribution < -0.4 is 26.0 Å². The molecule has 270 valence electrons. The molecule has 4 N–H and O–H groups in total. The van der Waals surface area contributed by atoms with Crippen molar-refractivity contribution in [2.45, 2.75) is 18.9 Å². The Labute approximate surface area is 294 Å². The van der Waals surface area contributed by atoms with Gasteiger partial charge in [0.05, 0.1) is 50.8 Å². The number of imide groups is 1. The Hall–Kier alpha value is -5.64. The molecule has 15 heteroatoms. The second-order valence-corrected chi connectivity index (χ2v) is 11.0. The highest BCUT2D eigenvalue weighted by atomic mass is 16.6. The largest absolute Gasteiger partial charge is 0.491 e. The molecule has 1 aliphatic heterocycles. The molecular formula is C36H41N5O10. The standard InChI is InChI=1S/C36H41N5O10/c1-37-34(45)31(6-3-16-42)41-35(46)29-4-2-5-30(32(29)36(41)47)38-15-17-48-18-19-49-20-21-50-22-23-51-28-13-11-27(12-14-28)40-33(44)25-7-9-26(10-8-25)39-24-43/h2,4-5,7-14,16,24,31,38H,3,6,15,17-23H2,1H3,(H,37,45)(H,39,43)(H,40,44). The van der Waals surface area contributed by atoms with E-state index in [4.69, 9.17) is 18.9 Å². The van der Waals surface area contributed by atoms with Crippen LogP contribution in [-0.2, 0) is 28.6 Å². The lowest BCUT2D eigenvalue weighted by Gasteiger charge is -2.24. The monoisotopic (exact) mass is 703 g/mol. The van der Waals surface area contributed by atoms with Gasteiger partial charge in [0.2, 0.25) is 12.3 Å². The summed E-state index contributed by atoms with van der Waals surface area (Å²) >= 11 is 0. The summed E-state index contributed by atoms with van der Waals surface area (Å²) in [6.45, 7) is 2.82. The fourth-order valence-corrected chi connectivity index (χ4v) is 5.15. The number of aldehydes is 1. The fourth-order valence-electron chi connectivity index (χ4n) is 5.15. The van der Waals surface area contributed by atoms with Gasteiger partial charge < -0.3 is 45.0 Å². The molecule has 51 heavy (non-hydrogen) atoms. The summed E-state index contributed by atoms with van der Waals surface area (Å²) in [5.74, 6) is -1.33. The number of likely N-dealkylation sites (N-methyl/N-ethyl adjacent to an activating group) is 1. The van der Waals surface area contributed by atoms with Crippen LogP contribution in [0.25, 0.3) is 0 Å². The molecule has 15 nitrogen and oxygen atoms in total. The average Bonchev–Trinajstić information content (AvgIpc) is 3.40. The summed E-state index contributed by atoms with van der Waals surface area (Å²) in [6, 6.07) is 17.3. The minimum absolute atomic E-state index is 0.0317. The smallest absolute Gasteiger partial charge is 0.264 e. The van der Waals surface area contributed by atoms with Crippen molar-refractivity contribution in [3.63, 3.8) is 0 Å². The van der Waals surface area contributed by atoms with Gasteiger partial charge in [-0.25, -0.2) is 0 Å². The maximum atomic E-state index is 13.2. The number of nitrogens with zero attached hydrogens (tertiary/aromatic N) is 1. The molecule has 3 aromatic rings. The number of nitrogens with one attached hydrogen (secondary N) is 4. The highest BCUT2D eigenvalue weighted by Gasteiger charge is 2.43. The SMILES string of the molecule is CNC(=O)C(CCC=O)N1C(=O)c2cccc(NCCOCCOCCOCCOc3ccc(NC(=O)c4ccc(NC=O)cc4)cc3)c2C1=O.